The Morgan fingerprint density at radius 3 is 2.69 bits per heavy atom. The van der Waals surface area contributed by atoms with Gasteiger partial charge in [0.15, 0.2) is 0 Å². The predicted molar refractivity (Wildman–Crippen MR) is 108 cm³/mol. The van der Waals surface area contributed by atoms with Crippen LogP contribution in [0, 0.1) is 11.3 Å². The summed E-state index contributed by atoms with van der Waals surface area (Å²) in [6.07, 6.45) is 0.792. The van der Waals surface area contributed by atoms with Gasteiger partial charge < -0.3 is 5.32 Å². The van der Waals surface area contributed by atoms with Crippen molar-refractivity contribution in [3.63, 3.8) is 0 Å². The Labute approximate surface area is 170 Å². The summed E-state index contributed by atoms with van der Waals surface area (Å²) in [6, 6.07) is 16.9. The summed E-state index contributed by atoms with van der Waals surface area (Å²) in [5.74, 6) is -0.263. The van der Waals surface area contributed by atoms with Gasteiger partial charge in [-0.3, -0.25) is 9.69 Å². The molecule has 2 heterocycles. The lowest BCUT2D eigenvalue weighted by Crippen LogP contribution is -2.57. The molecule has 7 nitrogen and oxygen atoms in total. The second-order valence-electron chi connectivity index (χ2n) is 7.38. The van der Waals surface area contributed by atoms with Crippen LogP contribution in [0.1, 0.15) is 22.3 Å². The monoisotopic (exact) mass is 410 g/mol. The Kier molecular flexibility index (Phi) is 5.37. The molecule has 2 aliphatic heterocycles. The summed E-state index contributed by atoms with van der Waals surface area (Å²) in [5.41, 5.74) is 0.853. The van der Waals surface area contributed by atoms with Crippen LogP contribution >= 0.6 is 0 Å². The molecular weight excluding hydrogens is 388 g/mol. The first-order chi connectivity index (χ1) is 14.0. The van der Waals surface area contributed by atoms with Crippen molar-refractivity contribution in [1.29, 1.82) is 5.26 Å². The van der Waals surface area contributed by atoms with Crippen molar-refractivity contribution in [2.75, 3.05) is 26.2 Å². The molecule has 0 spiro atoms. The van der Waals surface area contributed by atoms with Gasteiger partial charge in [0.25, 0.3) is 5.91 Å². The number of carbonyl (C=O) groups is 1. The smallest absolute Gasteiger partial charge is 0.251 e. The number of sulfonamides is 1. The number of rotatable bonds is 5. The van der Waals surface area contributed by atoms with Crippen LogP contribution in [0.4, 0.5) is 0 Å². The molecule has 1 unspecified atom stereocenters. The Morgan fingerprint density at radius 2 is 1.93 bits per heavy atom. The van der Waals surface area contributed by atoms with Gasteiger partial charge in [-0.15, -0.1) is 0 Å². The minimum absolute atomic E-state index is 0.0283. The SMILES string of the molecule is N#Cc1cccc(C(=O)NC[C@H]2CN(S(=O)(=O)c3ccccc3)[C@H]3CCN2C3)c1. The zero-order valence-electron chi connectivity index (χ0n) is 15.9. The Bertz CT molecular complexity index is 1050. The van der Waals surface area contributed by atoms with Gasteiger partial charge >= 0.3 is 0 Å². The van der Waals surface area contributed by atoms with E-state index in [4.69, 9.17) is 5.26 Å². The van der Waals surface area contributed by atoms with E-state index in [-0.39, 0.29) is 18.0 Å². The largest absolute Gasteiger partial charge is 0.350 e. The molecular formula is C21H22N4O3S. The van der Waals surface area contributed by atoms with Gasteiger partial charge in [-0.05, 0) is 36.8 Å². The van der Waals surface area contributed by atoms with Gasteiger partial charge in [-0.1, -0.05) is 24.3 Å². The first-order valence-corrected chi connectivity index (χ1v) is 11.0. The molecule has 2 fully saturated rings. The fourth-order valence-corrected chi connectivity index (χ4v) is 5.77. The summed E-state index contributed by atoms with van der Waals surface area (Å²) in [7, 11) is -3.57. The van der Waals surface area contributed by atoms with Crippen molar-refractivity contribution in [3.8, 4) is 6.07 Å². The van der Waals surface area contributed by atoms with E-state index in [1.807, 2.05) is 6.07 Å². The maximum Gasteiger partial charge on any atom is 0.251 e. The lowest BCUT2D eigenvalue weighted by atomic mass is 10.1. The summed E-state index contributed by atoms with van der Waals surface area (Å²) < 4.78 is 27.9. The number of amides is 1. The third-order valence-corrected chi connectivity index (χ3v) is 7.54. The number of nitrogens with zero attached hydrogens (tertiary/aromatic N) is 3. The lowest BCUT2D eigenvalue weighted by Gasteiger charge is -2.39. The average molecular weight is 410 g/mol. The van der Waals surface area contributed by atoms with Gasteiger partial charge in [0.2, 0.25) is 10.0 Å². The molecule has 3 atom stereocenters. The Morgan fingerprint density at radius 1 is 1.14 bits per heavy atom. The normalized spacial score (nSPS) is 24.0. The van der Waals surface area contributed by atoms with Gasteiger partial charge in [0, 0.05) is 43.8 Å². The highest BCUT2D eigenvalue weighted by atomic mass is 32.2. The molecule has 2 aromatic carbocycles. The van der Waals surface area contributed by atoms with Gasteiger partial charge in [-0.2, -0.15) is 9.57 Å². The van der Waals surface area contributed by atoms with Crippen LogP contribution in [0.3, 0.4) is 0 Å². The summed E-state index contributed by atoms with van der Waals surface area (Å²) in [4.78, 5) is 15.0. The second kappa shape index (κ2) is 7.95. The molecule has 2 aromatic rings. The minimum atomic E-state index is -3.57. The molecule has 0 radical (unpaired) electrons. The Balaban J connectivity index is 1.47. The zero-order valence-corrected chi connectivity index (χ0v) is 16.7. The summed E-state index contributed by atoms with van der Waals surface area (Å²) >= 11 is 0. The molecule has 0 aromatic heterocycles. The highest BCUT2D eigenvalue weighted by Crippen LogP contribution is 2.30. The maximum absolute atomic E-state index is 13.1. The minimum Gasteiger partial charge on any atom is -0.350 e. The molecule has 0 saturated carbocycles. The topological polar surface area (TPSA) is 93.5 Å². The predicted octanol–water partition coefficient (Wildman–Crippen LogP) is 1.44. The van der Waals surface area contributed by atoms with E-state index in [0.717, 1.165) is 13.0 Å². The fraction of sp³-hybridized carbons (Fsp3) is 0.333. The number of hydrogen-bond donors (Lipinski definition) is 1. The van der Waals surface area contributed by atoms with E-state index < -0.39 is 10.0 Å². The third kappa shape index (κ3) is 3.90. The van der Waals surface area contributed by atoms with Crippen LogP contribution in [-0.4, -0.2) is 61.8 Å². The van der Waals surface area contributed by atoms with E-state index >= 15 is 0 Å². The average Bonchev–Trinajstić information content (AvgIpc) is 3.17. The number of fused-ring (bicyclic) bond motifs is 2. The quantitative estimate of drug-likeness (QED) is 0.805. The van der Waals surface area contributed by atoms with Crippen molar-refractivity contribution in [1.82, 2.24) is 14.5 Å². The van der Waals surface area contributed by atoms with Crippen LogP contribution in [0.15, 0.2) is 59.5 Å². The molecule has 8 heteroatoms. The van der Waals surface area contributed by atoms with E-state index in [2.05, 4.69) is 10.2 Å². The van der Waals surface area contributed by atoms with Crippen molar-refractivity contribution in [2.24, 2.45) is 0 Å². The molecule has 29 heavy (non-hydrogen) atoms. The number of nitriles is 1. The lowest BCUT2D eigenvalue weighted by molar-refractivity contribution is 0.0915. The number of carbonyl (C=O) groups excluding carboxylic acids is 1. The van der Waals surface area contributed by atoms with Crippen molar-refractivity contribution >= 4 is 15.9 Å². The van der Waals surface area contributed by atoms with Gasteiger partial charge in [0.05, 0.1) is 16.5 Å². The highest BCUT2D eigenvalue weighted by molar-refractivity contribution is 7.89. The van der Waals surface area contributed by atoms with Crippen LogP contribution in [0.5, 0.6) is 0 Å². The molecule has 1 amide bonds. The van der Waals surface area contributed by atoms with Crippen LogP contribution in [0.25, 0.3) is 0 Å². The van der Waals surface area contributed by atoms with Gasteiger partial charge in [-0.25, -0.2) is 8.42 Å². The molecule has 0 aliphatic carbocycles. The standard InChI is InChI=1S/C21H22N4O3S/c22-12-16-5-4-6-17(11-16)21(26)23-13-19-15-25(18-9-10-24(19)14-18)29(27,28)20-7-2-1-3-8-20/h1-8,11,18-19H,9-10,13-15H2,(H,23,26)/t18-,19-/m0/s1. The van der Waals surface area contributed by atoms with Crippen LogP contribution in [-0.2, 0) is 10.0 Å². The van der Waals surface area contributed by atoms with Gasteiger partial charge in [0.1, 0.15) is 0 Å². The molecule has 2 aliphatic rings. The first-order valence-electron chi connectivity index (χ1n) is 9.58. The van der Waals surface area contributed by atoms with Crippen LogP contribution in [0.2, 0.25) is 0 Å². The third-order valence-electron chi connectivity index (χ3n) is 5.61. The first kappa shape index (κ1) is 19.6. The Hall–Kier alpha value is -2.73. The summed E-state index contributed by atoms with van der Waals surface area (Å²) in [5, 5.41) is 11.9. The number of hydrogen-bond acceptors (Lipinski definition) is 5. The second-order valence-corrected chi connectivity index (χ2v) is 9.27. The molecule has 2 bridgehead atoms. The molecule has 4 rings (SSSR count). The number of nitrogens with one attached hydrogen (secondary N) is 1. The van der Waals surface area contributed by atoms with Crippen molar-refractivity contribution < 1.29 is 13.2 Å². The highest BCUT2D eigenvalue weighted by Gasteiger charge is 2.44. The van der Waals surface area contributed by atoms with Crippen molar-refractivity contribution in [3.05, 3.63) is 65.7 Å². The van der Waals surface area contributed by atoms with E-state index in [1.165, 1.54) is 0 Å². The fourth-order valence-electron chi connectivity index (χ4n) is 4.07. The molecule has 2 saturated heterocycles. The van der Waals surface area contributed by atoms with E-state index in [1.54, 1.807) is 58.9 Å². The van der Waals surface area contributed by atoms with E-state index in [9.17, 15) is 13.2 Å². The van der Waals surface area contributed by atoms with Crippen LogP contribution < -0.4 is 5.32 Å². The number of piperazine rings is 1. The van der Waals surface area contributed by atoms with Crippen molar-refractivity contribution in [2.45, 2.75) is 23.4 Å². The summed E-state index contributed by atoms with van der Waals surface area (Å²) in [6.45, 7) is 2.19. The molecule has 150 valence electrons. The van der Waals surface area contributed by atoms with E-state index in [0.29, 0.717) is 35.7 Å². The number of benzene rings is 2. The maximum atomic E-state index is 13.1. The zero-order chi connectivity index (χ0) is 20.4. The molecule has 1 N–H and O–H groups in total.